The first-order chi connectivity index (χ1) is 20.7. The topological polar surface area (TPSA) is 23.6 Å². The molecule has 1 fully saturated rings. The molecule has 0 unspecified atom stereocenters. The number of nitrogens with zero attached hydrogens (tertiary/aromatic N) is 2. The van der Waals surface area contributed by atoms with Gasteiger partial charge < -0.3 is 9.80 Å². The van der Waals surface area contributed by atoms with Crippen LogP contribution in [-0.2, 0) is 19.4 Å². The molecule has 1 amide bonds. The van der Waals surface area contributed by atoms with Gasteiger partial charge in [0, 0.05) is 25.2 Å². The number of hydrogen-bond donors (Lipinski definition) is 0. The van der Waals surface area contributed by atoms with Gasteiger partial charge in [-0.15, -0.1) is 0 Å². The quantitative estimate of drug-likeness (QED) is 0.153. The van der Waals surface area contributed by atoms with Gasteiger partial charge in [-0.1, -0.05) is 117 Å². The molecule has 1 aliphatic rings. The Kier molecular flexibility index (Phi) is 11.0. The molecular weight excluding hydrogens is 512 g/mol. The third kappa shape index (κ3) is 8.66. The predicted molar refractivity (Wildman–Crippen MR) is 176 cm³/mol. The van der Waals surface area contributed by atoms with Crippen LogP contribution in [0.15, 0.2) is 109 Å². The van der Waals surface area contributed by atoms with Gasteiger partial charge in [-0.25, -0.2) is 0 Å². The van der Waals surface area contributed by atoms with Crippen LogP contribution in [-0.4, -0.2) is 41.9 Å². The summed E-state index contributed by atoms with van der Waals surface area (Å²) in [5.41, 5.74) is 7.14. The fourth-order valence-corrected chi connectivity index (χ4v) is 6.08. The van der Waals surface area contributed by atoms with Gasteiger partial charge in [-0.2, -0.15) is 0 Å². The minimum Gasteiger partial charge on any atom is -0.334 e. The minimum atomic E-state index is 0.147. The van der Waals surface area contributed by atoms with E-state index in [4.69, 9.17) is 0 Å². The smallest absolute Gasteiger partial charge is 0.254 e. The third-order valence-electron chi connectivity index (χ3n) is 8.74. The predicted octanol–water partition coefficient (Wildman–Crippen LogP) is 8.68. The van der Waals surface area contributed by atoms with Crippen LogP contribution >= 0.6 is 0 Å². The van der Waals surface area contributed by atoms with Crippen LogP contribution in [0.5, 0.6) is 0 Å². The van der Waals surface area contributed by atoms with Gasteiger partial charge in [-0.3, -0.25) is 4.79 Å². The lowest BCUT2D eigenvalue weighted by Crippen LogP contribution is -2.41. The van der Waals surface area contributed by atoms with Crippen molar-refractivity contribution in [3.63, 3.8) is 0 Å². The lowest BCUT2D eigenvalue weighted by atomic mass is 9.95. The molecule has 1 aliphatic heterocycles. The molecule has 3 nitrogen and oxygen atoms in total. The molecule has 0 saturated carbocycles. The molecule has 0 bridgehead atoms. The molecule has 0 aliphatic carbocycles. The van der Waals surface area contributed by atoms with E-state index in [0.29, 0.717) is 12.5 Å². The maximum absolute atomic E-state index is 13.9. The summed E-state index contributed by atoms with van der Waals surface area (Å²) in [6, 6.07) is 38.4. The van der Waals surface area contributed by atoms with Crippen molar-refractivity contribution in [2.75, 3.05) is 26.2 Å². The molecule has 1 saturated heterocycles. The van der Waals surface area contributed by atoms with Gasteiger partial charge >= 0.3 is 0 Å². The van der Waals surface area contributed by atoms with Crippen LogP contribution in [0.25, 0.3) is 11.1 Å². The van der Waals surface area contributed by atoms with E-state index in [2.05, 4.69) is 108 Å². The number of amides is 1. The molecule has 5 rings (SSSR count). The van der Waals surface area contributed by atoms with Crippen molar-refractivity contribution in [3.8, 4) is 11.1 Å². The average molecular weight is 559 g/mol. The Hall–Kier alpha value is -3.69. The molecule has 3 heteroatoms. The van der Waals surface area contributed by atoms with E-state index < -0.39 is 0 Å². The SMILES string of the molecule is CCCCCc1ccc(C(=O)N(Cc2ccc(-c3ccccc3)cc2)CC2CCN(CCc3ccccc3)CC2)cc1. The van der Waals surface area contributed by atoms with E-state index in [9.17, 15) is 4.79 Å². The first-order valence-corrected chi connectivity index (χ1v) is 16.0. The number of piperidine rings is 1. The number of carbonyl (C=O) groups excluding carboxylic acids is 1. The zero-order valence-corrected chi connectivity index (χ0v) is 25.3. The standard InChI is InChI=1S/C39H46N2O/c1-2-3-6-11-33-16-22-38(23-17-33)39(42)41(30-34-18-20-37(21-19-34)36-14-9-5-10-15-36)31-35-25-28-40(29-26-35)27-24-32-12-7-4-8-13-32/h4-5,7-10,12-23,35H,2-3,6,11,24-31H2,1H3. The molecular formula is C39H46N2O. The van der Waals surface area contributed by atoms with E-state index in [1.807, 2.05) is 18.2 Å². The normalized spacial score (nSPS) is 14.1. The summed E-state index contributed by atoms with van der Waals surface area (Å²) in [5.74, 6) is 0.674. The fourth-order valence-electron chi connectivity index (χ4n) is 6.08. The first kappa shape index (κ1) is 29.8. The molecule has 4 aromatic rings. The zero-order chi connectivity index (χ0) is 29.0. The number of unbranched alkanes of at least 4 members (excludes halogenated alkanes) is 2. The van der Waals surface area contributed by atoms with Gasteiger partial charge in [0.15, 0.2) is 0 Å². The number of likely N-dealkylation sites (tertiary alicyclic amines) is 1. The summed E-state index contributed by atoms with van der Waals surface area (Å²) in [6.07, 6.45) is 8.15. The average Bonchev–Trinajstić information content (AvgIpc) is 3.05. The second-order valence-corrected chi connectivity index (χ2v) is 11.9. The van der Waals surface area contributed by atoms with Gasteiger partial charge in [0.25, 0.3) is 5.91 Å². The summed E-state index contributed by atoms with van der Waals surface area (Å²) in [7, 11) is 0. The van der Waals surface area contributed by atoms with E-state index in [0.717, 1.165) is 57.4 Å². The Morgan fingerprint density at radius 2 is 1.29 bits per heavy atom. The van der Waals surface area contributed by atoms with Crippen molar-refractivity contribution in [1.29, 1.82) is 0 Å². The first-order valence-electron chi connectivity index (χ1n) is 16.0. The second kappa shape index (κ2) is 15.5. The minimum absolute atomic E-state index is 0.147. The molecule has 0 radical (unpaired) electrons. The number of rotatable bonds is 13. The van der Waals surface area contributed by atoms with Crippen molar-refractivity contribution in [3.05, 3.63) is 131 Å². The summed E-state index contributed by atoms with van der Waals surface area (Å²) < 4.78 is 0. The fraction of sp³-hybridized carbons (Fsp3) is 0.359. The van der Waals surface area contributed by atoms with E-state index in [1.165, 1.54) is 47.1 Å². The van der Waals surface area contributed by atoms with Crippen LogP contribution in [0, 0.1) is 5.92 Å². The van der Waals surface area contributed by atoms with Crippen LogP contribution in [0.2, 0.25) is 0 Å². The summed E-state index contributed by atoms with van der Waals surface area (Å²) in [5, 5.41) is 0. The maximum atomic E-state index is 13.9. The highest BCUT2D eigenvalue weighted by Crippen LogP contribution is 2.24. The summed E-state index contributed by atoms with van der Waals surface area (Å²) >= 11 is 0. The number of carbonyl (C=O) groups is 1. The van der Waals surface area contributed by atoms with E-state index >= 15 is 0 Å². The molecule has 0 N–H and O–H groups in total. The van der Waals surface area contributed by atoms with Crippen molar-refractivity contribution >= 4 is 5.91 Å². The Balaban J connectivity index is 1.23. The lowest BCUT2D eigenvalue weighted by Gasteiger charge is -2.35. The van der Waals surface area contributed by atoms with E-state index in [-0.39, 0.29) is 5.91 Å². The van der Waals surface area contributed by atoms with Crippen LogP contribution in [0.4, 0.5) is 0 Å². The van der Waals surface area contributed by atoms with Crippen LogP contribution < -0.4 is 0 Å². The largest absolute Gasteiger partial charge is 0.334 e. The number of hydrogen-bond acceptors (Lipinski definition) is 2. The molecule has 0 aromatic heterocycles. The molecule has 0 atom stereocenters. The Morgan fingerprint density at radius 1 is 0.690 bits per heavy atom. The van der Waals surface area contributed by atoms with Crippen molar-refractivity contribution < 1.29 is 4.79 Å². The molecule has 1 heterocycles. The van der Waals surface area contributed by atoms with Gasteiger partial charge in [0.2, 0.25) is 0 Å². The molecule has 4 aromatic carbocycles. The van der Waals surface area contributed by atoms with E-state index in [1.54, 1.807) is 0 Å². The zero-order valence-electron chi connectivity index (χ0n) is 25.3. The van der Waals surface area contributed by atoms with Gasteiger partial charge in [0.1, 0.15) is 0 Å². The third-order valence-corrected chi connectivity index (χ3v) is 8.74. The maximum Gasteiger partial charge on any atom is 0.254 e. The lowest BCUT2D eigenvalue weighted by molar-refractivity contribution is 0.0675. The van der Waals surface area contributed by atoms with Crippen molar-refractivity contribution in [2.24, 2.45) is 5.92 Å². The van der Waals surface area contributed by atoms with Crippen molar-refractivity contribution in [2.45, 2.75) is 58.4 Å². The number of benzene rings is 4. The van der Waals surface area contributed by atoms with Crippen LogP contribution in [0.1, 0.15) is 66.1 Å². The highest BCUT2D eigenvalue weighted by atomic mass is 16.2. The highest BCUT2D eigenvalue weighted by molar-refractivity contribution is 5.94. The second-order valence-electron chi connectivity index (χ2n) is 11.9. The Morgan fingerprint density at radius 3 is 1.95 bits per heavy atom. The van der Waals surface area contributed by atoms with Crippen LogP contribution in [0.3, 0.4) is 0 Å². The number of aryl methyl sites for hydroxylation is 1. The summed E-state index contributed by atoms with van der Waals surface area (Å²) in [6.45, 7) is 7.01. The van der Waals surface area contributed by atoms with Crippen molar-refractivity contribution in [1.82, 2.24) is 9.80 Å². The monoisotopic (exact) mass is 558 g/mol. The van der Waals surface area contributed by atoms with Gasteiger partial charge in [-0.05, 0) is 91.1 Å². The summed E-state index contributed by atoms with van der Waals surface area (Å²) in [4.78, 5) is 18.6. The molecule has 218 valence electrons. The Bertz CT molecular complexity index is 1340. The molecule has 42 heavy (non-hydrogen) atoms. The van der Waals surface area contributed by atoms with Gasteiger partial charge in [0.05, 0.1) is 0 Å². The highest BCUT2D eigenvalue weighted by Gasteiger charge is 2.25. The Labute approximate surface area is 253 Å². The molecule has 0 spiro atoms.